The molecule has 1 aliphatic rings. The second-order valence-corrected chi connectivity index (χ2v) is 5.21. The maximum atomic E-state index is 12.2. The van der Waals surface area contributed by atoms with E-state index in [1.54, 1.807) is 6.92 Å². The van der Waals surface area contributed by atoms with Crippen molar-refractivity contribution in [3.63, 3.8) is 0 Å². The Morgan fingerprint density at radius 1 is 1.22 bits per heavy atom. The van der Waals surface area contributed by atoms with Gasteiger partial charge >= 0.3 is 11.6 Å². The van der Waals surface area contributed by atoms with Crippen molar-refractivity contribution in [1.82, 2.24) is 0 Å². The molecule has 7 heteroatoms. The molecular formula is C16H14O7. The van der Waals surface area contributed by atoms with E-state index in [0.29, 0.717) is 11.3 Å². The highest BCUT2D eigenvalue weighted by Crippen LogP contribution is 2.42. The summed E-state index contributed by atoms with van der Waals surface area (Å²) in [6.45, 7) is 1.60. The van der Waals surface area contributed by atoms with Gasteiger partial charge in [0.15, 0.2) is 11.5 Å². The molecule has 2 heterocycles. The number of fused-ring (bicyclic) bond motifs is 1. The van der Waals surface area contributed by atoms with E-state index >= 15 is 0 Å². The zero-order chi connectivity index (χ0) is 16.7. The summed E-state index contributed by atoms with van der Waals surface area (Å²) in [5.41, 5.74) is -0.0225. The van der Waals surface area contributed by atoms with Crippen LogP contribution in [0.3, 0.4) is 0 Å². The molecule has 0 amide bonds. The average molecular weight is 318 g/mol. The Kier molecular flexibility index (Phi) is 3.48. The fourth-order valence-corrected chi connectivity index (χ4v) is 2.70. The first-order chi connectivity index (χ1) is 10.9. The smallest absolute Gasteiger partial charge is 0.348 e. The SMILES string of the molecule is COC(=O)[C@H]1Oc2cc(C)oc(=O)c2[C@@H]1c1ccc(O)c(O)c1. The molecule has 0 fully saturated rings. The maximum absolute atomic E-state index is 12.2. The van der Waals surface area contributed by atoms with Crippen LogP contribution in [0.4, 0.5) is 0 Å². The zero-order valence-corrected chi connectivity index (χ0v) is 12.4. The van der Waals surface area contributed by atoms with Gasteiger partial charge in [-0.3, -0.25) is 0 Å². The highest BCUT2D eigenvalue weighted by Gasteiger charge is 2.44. The Morgan fingerprint density at radius 3 is 2.61 bits per heavy atom. The van der Waals surface area contributed by atoms with Gasteiger partial charge in [0.1, 0.15) is 11.5 Å². The Bertz CT molecular complexity index is 837. The van der Waals surface area contributed by atoms with E-state index in [9.17, 15) is 19.8 Å². The van der Waals surface area contributed by atoms with Crippen molar-refractivity contribution >= 4 is 5.97 Å². The fourth-order valence-electron chi connectivity index (χ4n) is 2.70. The molecule has 2 atom stereocenters. The van der Waals surface area contributed by atoms with Crippen LogP contribution in [0.15, 0.2) is 33.5 Å². The van der Waals surface area contributed by atoms with Crippen molar-refractivity contribution in [3.8, 4) is 17.2 Å². The minimum absolute atomic E-state index is 0.177. The van der Waals surface area contributed by atoms with Gasteiger partial charge in [-0.2, -0.15) is 0 Å². The highest BCUT2D eigenvalue weighted by atomic mass is 16.6. The number of hydrogen-bond donors (Lipinski definition) is 2. The van der Waals surface area contributed by atoms with E-state index in [4.69, 9.17) is 13.9 Å². The van der Waals surface area contributed by atoms with Crippen LogP contribution in [0.1, 0.15) is 22.8 Å². The van der Waals surface area contributed by atoms with E-state index in [1.807, 2.05) is 0 Å². The van der Waals surface area contributed by atoms with Crippen LogP contribution in [-0.2, 0) is 9.53 Å². The largest absolute Gasteiger partial charge is 0.504 e. The summed E-state index contributed by atoms with van der Waals surface area (Å²) < 4.78 is 15.4. The lowest BCUT2D eigenvalue weighted by Gasteiger charge is -2.17. The van der Waals surface area contributed by atoms with Gasteiger partial charge in [0.2, 0.25) is 6.10 Å². The van der Waals surface area contributed by atoms with Gasteiger partial charge in [-0.1, -0.05) is 6.07 Å². The number of carbonyl (C=O) groups is 1. The molecule has 7 nitrogen and oxygen atoms in total. The van der Waals surface area contributed by atoms with Crippen molar-refractivity contribution in [3.05, 3.63) is 51.6 Å². The summed E-state index contributed by atoms with van der Waals surface area (Å²) in [7, 11) is 1.22. The molecule has 3 rings (SSSR count). The molecule has 0 unspecified atom stereocenters. The number of rotatable bonds is 2. The molecular weight excluding hydrogens is 304 g/mol. The molecule has 2 N–H and O–H groups in total. The predicted molar refractivity (Wildman–Crippen MR) is 77.8 cm³/mol. The Morgan fingerprint density at radius 2 is 1.96 bits per heavy atom. The Balaban J connectivity index is 2.20. The van der Waals surface area contributed by atoms with Crippen LogP contribution in [0.5, 0.6) is 17.2 Å². The average Bonchev–Trinajstić information content (AvgIpc) is 2.88. The van der Waals surface area contributed by atoms with E-state index in [0.717, 1.165) is 0 Å². The first-order valence-corrected chi connectivity index (χ1v) is 6.83. The number of ether oxygens (including phenoxy) is 2. The number of phenols is 2. The minimum Gasteiger partial charge on any atom is -0.504 e. The van der Waals surface area contributed by atoms with Crippen molar-refractivity contribution in [1.29, 1.82) is 0 Å². The predicted octanol–water partition coefficient (Wildman–Crippen LogP) is 1.43. The van der Waals surface area contributed by atoms with Crippen LogP contribution in [0.2, 0.25) is 0 Å². The molecule has 1 aliphatic heterocycles. The summed E-state index contributed by atoms with van der Waals surface area (Å²) in [6.07, 6.45) is -1.08. The number of phenolic OH excluding ortho intramolecular Hbond substituents is 2. The third-order valence-electron chi connectivity index (χ3n) is 3.73. The van der Waals surface area contributed by atoms with Crippen LogP contribution in [0.25, 0.3) is 0 Å². The number of aromatic hydroxyl groups is 2. The fraction of sp³-hybridized carbons (Fsp3) is 0.250. The molecule has 0 aliphatic carbocycles. The Hall–Kier alpha value is -2.96. The number of benzene rings is 1. The number of aryl methyl sites for hydroxylation is 1. The zero-order valence-electron chi connectivity index (χ0n) is 12.4. The number of methoxy groups -OCH3 is 1. The molecule has 0 saturated carbocycles. The summed E-state index contributed by atoms with van der Waals surface area (Å²) >= 11 is 0. The molecule has 120 valence electrons. The number of esters is 1. The van der Waals surface area contributed by atoms with E-state index in [2.05, 4.69) is 0 Å². The van der Waals surface area contributed by atoms with Gasteiger partial charge in [0.25, 0.3) is 0 Å². The van der Waals surface area contributed by atoms with Crippen molar-refractivity contribution in [2.45, 2.75) is 18.9 Å². The monoisotopic (exact) mass is 318 g/mol. The quantitative estimate of drug-likeness (QED) is 0.637. The lowest BCUT2D eigenvalue weighted by molar-refractivity contribution is -0.148. The van der Waals surface area contributed by atoms with Gasteiger partial charge in [-0.05, 0) is 24.6 Å². The van der Waals surface area contributed by atoms with Crippen LogP contribution >= 0.6 is 0 Å². The molecule has 1 aromatic carbocycles. The number of hydrogen-bond acceptors (Lipinski definition) is 7. The van der Waals surface area contributed by atoms with E-state index in [1.165, 1.54) is 31.4 Å². The molecule has 0 radical (unpaired) electrons. The molecule has 23 heavy (non-hydrogen) atoms. The second kappa shape index (κ2) is 5.35. The van der Waals surface area contributed by atoms with E-state index < -0.39 is 23.6 Å². The molecule has 0 bridgehead atoms. The second-order valence-electron chi connectivity index (χ2n) is 5.21. The van der Waals surface area contributed by atoms with Crippen LogP contribution in [0, 0.1) is 6.92 Å². The van der Waals surface area contributed by atoms with Crippen LogP contribution < -0.4 is 10.4 Å². The highest BCUT2D eigenvalue weighted by molar-refractivity contribution is 5.79. The van der Waals surface area contributed by atoms with Gasteiger partial charge in [0, 0.05) is 6.07 Å². The summed E-state index contributed by atoms with van der Waals surface area (Å²) in [5.74, 6) is -1.54. The standard InChI is InChI=1S/C16H14O7/c1-7-5-11-13(15(19)22-7)12(14(23-11)16(20)21-2)8-3-4-9(17)10(18)6-8/h3-6,12,14,17-18H,1-2H3/t12-,14-/m0/s1. The van der Waals surface area contributed by atoms with E-state index in [-0.39, 0.29) is 22.8 Å². The Labute approximate surface area is 130 Å². The van der Waals surface area contributed by atoms with Crippen molar-refractivity contribution in [2.75, 3.05) is 7.11 Å². The third kappa shape index (κ3) is 2.40. The maximum Gasteiger partial charge on any atom is 0.348 e. The lowest BCUT2D eigenvalue weighted by Crippen LogP contribution is -2.31. The molecule has 0 saturated heterocycles. The van der Waals surface area contributed by atoms with Crippen molar-refractivity contribution in [2.24, 2.45) is 0 Å². The first kappa shape index (κ1) is 15.0. The minimum atomic E-state index is -1.08. The number of carbonyl (C=O) groups excluding carboxylic acids is 1. The van der Waals surface area contributed by atoms with Gasteiger partial charge in [0.05, 0.1) is 18.6 Å². The van der Waals surface area contributed by atoms with Gasteiger partial charge < -0.3 is 24.1 Å². The van der Waals surface area contributed by atoms with Gasteiger partial charge in [-0.15, -0.1) is 0 Å². The normalized spacial score (nSPS) is 19.0. The topological polar surface area (TPSA) is 106 Å². The third-order valence-corrected chi connectivity index (χ3v) is 3.73. The molecule has 1 aromatic heterocycles. The lowest BCUT2D eigenvalue weighted by atomic mass is 9.88. The summed E-state index contributed by atoms with van der Waals surface area (Å²) in [6, 6.07) is 5.56. The molecule has 0 spiro atoms. The van der Waals surface area contributed by atoms with Crippen LogP contribution in [-0.4, -0.2) is 29.4 Å². The van der Waals surface area contributed by atoms with Gasteiger partial charge in [-0.25, -0.2) is 9.59 Å². The first-order valence-electron chi connectivity index (χ1n) is 6.83. The van der Waals surface area contributed by atoms with Crippen molar-refractivity contribution < 1.29 is 28.9 Å². The summed E-state index contributed by atoms with van der Waals surface area (Å²) in [4.78, 5) is 24.2. The molecule has 2 aromatic rings. The summed E-state index contributed by atoms with van der Waals surface area (Å²) in [5, 5.41) is 19.1.